The van der Waals surface area contributed by atoms with Gasteiger partial charge in [-0.1, -0.05) is 25.5 Å². The third-order valence-electron chi connectivity index (χ3n) is 4.40. The van der Waals surface area contributed by atoms with Gasteiger partial charge in [0, 0.05) is 20.1 Å². The maximum atomic E-state index is 12.8. The maximum absolute atomic E-state index is 12.8. The Labute approximate surface area is 137 Å². The molecule has 0 saturated heterocycles. The topological polar surface area (TPSA) is 49.4 Å². The summed E-state index contributed by atoms with van der Waals surface area (Å²) in [5.41, 5.74) is 0.119. The predicted octanol–water partition coefficient (Wildman–Crippen LogP) is 2.52. The average molecular weight is 320 g/mol. The highest BCUT2D eigenvalue weighted by Crippen LogP contribution is 2.47. The van der Waals surface area contributed by atoms with Crippen molar-refractivity contribution in [3.05, 3.63) is 35.6 Å². The van der Waals surface area contributed by atoms with E-state index < -0.39 is 5.41 Å². The van der Waals surface area contributed by atoms with Crippen molar-refractivity contribution in [2.45, 2.75) is 39.0 Å². The molecule has 0 unspecified atom stereocenters. The van der Waals surface area contributed by atoms with Crippen molar-refractivity contribution in [3.8, 4) is 0 Å². The number of hydrogen-bond donors (Lipinski definition) is 1. The normalized spacial score (nSPS) is 15.1. The van der Waals surface area contributed by atoms with Gasteiger partial charge in [-0.2, -0.15) is 0 Å². The zero-order valence-corrected chi connectivity index (χ0v) is 13.9. The van der Waals surface area contributed by atoms with Crippen LogP contribution in [-0.2, 0) is 16.0 Å². The fraction of sp³-hybridized carbons (Fsp3) is 0.556. The number of unbranched alkanes of at least 4 members (excludes halogenated alkanes) is 1. The molecule has 0 heterocycles. The molecule has 1 fully saturated rings. The minimum Gasteiger partial charge on any atom is -0.355 e. The van der Waals surface area contributed by atoms with E-state index in [0.29, 0.717) is 32.4 Å². The molecule has 2 rings (SSSR count). The zero-order chi connectivity index (χ0) is 16.9. The molecule has 23 heavy (non-hydrogen) atoms. The van der Waals surface area contributed by atoms with Crippen molar-refractivity contribution >= 4 is 11.8 Å². The number of carbonyl (C=O) groups excluding carboxylic acids is 2. The van der Waals surface area contributed by atoms with Crippen molar-refractivity contribution in [1.82, 2.24) is 10.2 Å². The standard InChI is InChI=1S/C18H25FN2O2/c1-3-4-13-21(2)17(23)18(10-11-18)16(22)20-12-9-14-5-7-15(19)8-6-14/h5-8H,3-4,9-13H2,1-2H3,(H,20,22). The first-order valence-electron chi connectivity index (χ1n) is 8.28. The lowest BCUT2D eigenvalue weighted by atomic mass is 10.0. The highest BCUT2D eigenvalue weighted by molar-refractivity contribution is 6.07. The van der Waals surface area contributed by atoms with Crippen LogP contribution in [0.25, 0.3) is 0 Å². The van der Waals surface area contributed by atoms with Gasteiger partial charge in [-0.25, -0.2) is 4.39 Å². The van der Waals surface area contributed by atoms with E-state index in [-0.39, 0.29) is 17.6 Å². The summed E-state index contributed by atoms with van der Waals surface area (Å²) in [6.07, 6.45) is 3.86. The maximum Gasteiger partial charge on any atom is 0.238 e. The second-order valence-electron chi connectivity index (χ2n) is 6.29. The first kappa shape index (κ1) is 17.4. The van der Waals surface area contributed by atoms with Crippen LogP contribution < -0.4 is 5.32 Å². The van der Waals surface area contributed by atoms with E-state index in [4.69, 9.17) is 0 Å². The Hall–Kier alpha value is -1.91. The molecule has 1 aliphatic rings. The number of hydrogen-bond acceptors (Lipinski definition) is 2. The molecule has 126 valence electrons. The Kier molecular flexibility index (Phi) is 5.74. The van der Waals surface area contributed by atoms with Crippen LogP contribution in [-0.4, -0.2) is 36.9 Å². The molecule has 1 N–H and O–H groups in total. The SMILES string of the molecule is CCCCN(C)C(=O)C1(C(=O)NCCc2ccc(F)cc2)CC1. The Morgan fingerprint density at radius 3 is 2.48 bits per heavy atom. The van der Waals surface area contributed by atoms with E-state index in [1.807, 2.05) is 0 Å². The number of rotatable bonds is 8. The summed E-state index contributed by atoms with van der Waals surface area (Å²) in [5, 5.41) is 2.86. The van der Waals surface area contributed by atoms with Crippen LogP contribution >= 0.6 is 0 Å². The molecule has 0 aromatic heterocycles. The number of halogens is 1. The minimum atomic E-state index is -0.842. The van der Waals surface area contributed by atoms with Gasteiger partial charge in [0.2, 0.25) is 11.8 Å². The van der Waals surface area contributed by atoms with Crippen molar-refractivity contribution in [2.24, 2.45) is 5.41 Å². The molecule has 0 spiro atoms. The van der Waals surface area contributed by atoms with Crippen LogP contribution in [0.2, 0.25) is 0 Å². The summed E-state index contributed by atoms with van der Waals surface area (Å²) in [6, 6.07) is 6.23. The van der Waals surface area contributed by atoms with E-state index >= 15 is 0 Å². The molecule has 1 saturated carbocycles. The molecule has 0 radical (unpaired) electrons. The second kappa shape index (κ2) is 7.57. The lowest BCUT2D eigenvalue weighted by molar-refractivity contribution is -0.143. The second-order valence-corrected chi connectivity index (χ2v) is 6.29. The van der Waals surface area contributed by atoms with Crippen LogP contribution in [0, 0.1) is 11.2 Å². The lowest BCUT2D eigenvalue weighted by Gasteiger charge is -2.23. The smallest absolute Gasteiger partial charge is 0.238 e. The summed E-state index contributed by atoms with van der Waals surface area (Å²) in [7, 11) is 1.77. The molecule has 2 amide bonds. The average Bonchev–Trinajstić information content (AvgIpc) is 3.35. The highest BCUT2D eigenvalue weighted by Gasteiger charge is 2.57. The van der Waals surface area contributed by atoms with Crippen LogP contribution in [0.15, 0.2) is 24.3 Å². The third-order valence-corrected chi connectivity index (χ3v) is 4.40. The van der Waals surface area contributed by atoms with Crippen LogP contribution in [0.3, 0.4) is 0 Å². The molecular formula is C18H25FN2O2. The quantitative estimate of drug-likeness (QED) is 0.748. The summed E-state index contributed by atoms with van der Waals surface area (Å²) >= 11 is 0. The van der Waals surface area contributed by atoms with Gasteiger partial charge in [0.15, 0.2) is 0 Å². The van der Waals surface area contributed by atoms with E-state index in [2.05, 4.69) is 12.2 Å². The molecule has 4 nitrogen and oxygen atoms in total. The van der Waals surface area contributed by atoms with Gasteiger partial charge in [0.25, 0.3) is 0 Å². The Morgan fingerprint density at radius 2 is 1.91 bits per heavy atom. The van der Waals surface area contributed by atoms with Crippen molar-refractivity contribution in [1.29, 1.82) is 0 Å². The van der Waals surface area contributed by atoms with Gasteiger partial charge in [0.05, 0.1) is 0 Å². The fourth-order valence-corrected chi connectivity index (χ4v) is 2.67. The molecule has 0 bridgehead atoms. The zero-order valence-electron chi connectivity index (χ0n) is 13.9. The third kappa shape index (κ3) is 4.30. The summed E-state index contributed by atoms with van der Waals surface area (Å²) in [5.74, 6) is -0.506. The first-order chi connectivity index (χ1) is 11.0. The molecular weight excluding hydrogens is 295 g/mol. The van der Waals surface area contributed by atoms with Gasteiger partial charge >= 0.3 is 0 Å². The monoisotopic (exact) mass is 320 g/mol. The number of benzene rings is 1. The number of nitrogens with one attached hydrogen (secondary N) is 1. The van der Waals surface area contributed by atoms with E-state index in [1.54, 1.807) is 24.1 Å². The molecule has 0 atom stereocenters. The molecule has 0 aliphatic heterocycles. The van der Waals surface area contributed by atoms with E-state index in [0.717, 1.165) is 18.4 Å². The summed E-state index contributed by atoms with van der Waals surface area (Å²) in [4.78, 5) is 26.5. The fourth-order valence-electron chi connectivity index (χ4n) is 2.67. The van der Waals surface area contributed by atoms with Gasteiger partial charge in [-0.15, -0.1) is 0 Å². The van der Waals surface area contributed by atoms with Crippen LogP contribution in [0.1, 0.15) is 38.2 Å². The molecule has 1 aliphatic carbocycles. The Bertz CT molecular complexity index is 553. The van der Waals surface area contributed by atoms with Crippen LogP contribution in [0.4, 0.5) is 4.39 Å². The number of carbonyl (C=O) groups is 2. The molecule has 1 aromatic carbocycles. The lowest BCUT2D eigenvalue weighted by Crippen LogP contribution is -2.44. The van der Waals surface area contributed by atoms with Gasteiger partial charge < -0.3 is 10.2 Å². The highest BCUT2D eigenvalue weighted by atomic mass is 19.1. The Morgan fingerprint density at radius 1 is 1.26 bits per heavy atom. The van der Waals surface area contributed by atoms with Crippen molar-refractivity contribution < 1.29 is 14.0 Å². The predicted molar refractivity (Wildman–Crippen MR) is 87.3 cm³/mol. The van der Waals surface area contributed by atoms with Gasteiger partial charge in [-0.05, 0) is 43.4 Å². The van der Waals surface area contributed by atoms with E-state index in [1.165, 1.54) is 12.1 Å². The van der Waals surface area contributed by atoms with Crippen molar-refractivity contribution in [2.75, 3.05) is 20.1 Å². The summed E-state index contributed by atoms with van der Waals surface area (Å²) in [6.45, 7) is 3.23. The van der Waals surface area contributed by atoms with Crippen LogP contribution in [0.5, 0.6) is 0 Å². The number of amides is 2. The van der Waals surface area contributed by atoms with Gasteiger partial charge in [0.1, 0.15) is 11.2 Å². The number of nitrogens with zero attached hydrogens (tertiary/aromatic N) is 1. The minimum absolute atomic E-state index is 0.0646. The summed E-state index contributed by atoms with van der Waals surface area (Å²) < 4.78 is 12.8. The molecule has 5 heteroatoms. The largest absolute Gasteiger partial charge is 0.355 e. The van der Waals surface area contributed by atoms with Gasteiger partial charge in [-0.3, -0.25) is 9.59 Å². The van der Waals surface area contributed by atoms with Crippen molar-refractivity contribution in [3.63, 3.8) is 0 Å². The first-order valence-corrected chi connectivity index (χ1v) is 8.28. The van der Waals surface area contributed by atoms with E-state index in [9.17, 15) is 14.0 Å². The molecule has 1 aromatic rings. The Balaban J connectivity index is 1.82.